The minimum Gasteiger partial charge on any atom is -0.308 e. The quantitative estimate of drug-likeness (QED) is 0.602. The van der Waals surface area contributed by atoms with Gasteiger partial charge in [-0.1, -0.05) is 23.8 Å². The topological polar surface area (TPSA) is 64.7 Å². The maximum atomic E-state index is 13.0. The zero-order valence-corrected chi connectivity index (χ0v) is 15.1. The highest BCUT2D eigenvalue weighted by Crippen LogP contribution is 2.24. The maximum Gasteiger partial charge on any atom is 0.262 e. The summed E-state index contributed by atoms with van der Waals surface area (Å²) in [6.45, 7) is 3.88. The van der Waals surface area contributed by atoms with E-state index >= 15 is 0 Å². The van der Waals surface area contributed by atoms with Gasteiger partial charge in [0.1, 0.15) is 11.4 Å². The lowest BCUT2D eigenvalue weighted by Gasteiger charge is -2.11. The molecule has 27 heavy (non-hydrogen) atoms. The molecule has 6 nitrogen and oxygen atoms in total. The molecular weight excluding hydrogens is 338 g/mol. The standard InChI is InChI=1S/C21H19N5O/c1-15-8-10-17(11-9-15)26-21(25-13-5-6-14-25)19(16(2)24-26)20(27)23-18-7-3-4-12-22-18/h3-14H,1-2H3,(H,22,23,27). The van der Waals surface area contributed by atoms with Gasteiger partial charge in [0.2, 0.25) is 0 Å². The maximum absolute atomic E-state index is 13.0. The summed E-state index contributed by atoms with van der Waals surface area (Å²) in [7, 11) is 0. The molecule has 1 amide bonds. The highest BCUT2D eigenvalue weighted by molar-refractivity contribution is 6.07. The number of aryl methyl sites for hydroxylation is 2. The molecule has 3 heterocycles. The molecular formula is C21H19N5O. The van der Waals surface area contributed by atoms with E-state index in [1.807, 2.05) is 79.3 Å². The summed E-state index contributed by atoms with van der Waals surface area (Å²) in [6.07, 6.45) is 5.45. The largest absolute Gasteiger partial charge is 0.308 e. The fraction of sp³-hybridized carbons (Fsp3) is 0.0952. The second-order valence-electron chi connectivity index (χ2n) is 6.29. The number of amides is 1. The zero-order valence-electron chi connectivity index (χ0n) is 15.1. The van der Waals surface area contributed by atoms with Crippen molar-refractivity contribution in [2.24, 2.45) is 0 Å². The van der Waals surface area contributed by atoms with Crippen molar-refractivity contribution < 1.29 is 4.79 Å². The SMILES string of the molecule is Cc1ccc(-n2nc(C)c(C(=O)Nc3ccccn3)c2-n2cccc2)cc1. The molecule has 4 aromatic rings. The third-order valence-corrected chi connectivity index (χ3v) is 4.30. The first-order valence-corrected chi connectivity index (χ1v) is 8.66. The Morgan fingerprint density at radius 1 is 0.963 bits per heavy atom. The molecule has 0 aliphatic heterocycles. The summed E-state index contributed by atoms with van der Waals surface area (Å²) in [5, 5.41) is 7.50. The Labute approximate surface area is 157 Å². The molecule has 3 aromatic heterocycles. The van der Waals surface area contributed by atoms with Gasteiger partial charge in [-0.05, 0) is 50.2 Å². The van der Waals surface area contributed by atoms with Crippen molar-refractivity contribution in [3.63, 3.8) is 0 Å². The van der Waals surface area contributed by atoms with Crippen molar-refractivity contribution in [3.8, 4) is 11.5 Å². The third-order valence-electron chi connectivity index (χ3n) is 4.30. The number of nitrogens with zero attached hydrogens (tertiary/aromatic N) is 4. The number of rotatable bonds is 4. The molecule has 0 saturated carbocycles. The van der Waals surface area contributed by atoms with Crippen LogP contribution in [0.5, 0.6) is 0 Å². The summed E-state index contributed by atoms with van der Waals surface area (Å²) in [5.41, 5.74) is 3.22. The van der Waals surface area contributed by atoms with E-state index in [-0.39, 0.29) is 5.91 Å². The fourth-order valence-corrected chi connectivity index (χ4v) is 2.98. The predicted octanol–water partition coefficient (Wildman–Crippen LogP) is 3.93. The number of aromatic nitrogens is 4. The average Bonchev–Trinajstić information content (AvgIpc) is 3.30. The molecule has 0 aliphatic rings. The van der Waals surface area contributed by atoms with Gasteiger partial charge >= 0.3 is 0 Å². The Kier molecular flexibility index (Phi) is 4.30. The molecule has 1 aromatic carbocycles. The van der Waals surface area contributed by atoms with Gasteiger partial charge in [0, 0.05) is 18.6 Å². The minimum atomic E-state index is -0.242. The lowest BCUT2D eigenvalue weighted by Crippen LogP contribution is -2.16. The monoisotopic (exact) mass is 357 g/mol. The van der Waals surface area contributed by atoms with Gasteiger partial charge in [-0.15, -0.1) is 0 Å². The molecule has 0 spiro atoms. The van der Waals surface area contributed by atoms with E-state index < -0.39 is 0 Å². The summed E-state index contributed by atoms with van der Waals surface area (Å²) < 4.78 is 3.69. The number of benzene rings is 1. The molecule has 0 saturated heterocycles. The predicted molar refractivity (Wildman–Crippen MR) is 105 cm³/mol. The molecule has 1 N–H and O–H groups in total. The van der Waals surface area contributed by atoms with E-state index in [4.69, 9.17) is 0 Å². The van der Waals surface area contributed by atoms with Gasteiger partial charge in [-0.3, -0.25) is 4.79 Å². The van der Waals surface area contributed by atoms with E-state index in [9.17, 15) is 4.79 Å². The number of anilines is 1. The van der Waals surface area contributed by atoms with Crippen LogP contribution in [0.2, 0.25) is 0 Å². The lowest BCUT2D eigenvalue weighted by molar-refractivity contribution is 0.102. The van der Waals surface area contributed by atoms with Gasteiger partial charge in [0.25, 0.3) is 5.91 Å². The summed E-state index contributed by atoms with van der Waals surface area (Å²) in [5.74, 6) is 0.950. The number of pyridine rings is 1. The van der Waals surface area contributed by atoms with Crippen LogP contribution in [0.3, 0.4) is 0 Å². The molecule has 0 unspecified atom stereocenters. The normalized spacial score (nSPS) is 10.7. The van der Waals surface area contributed by atoms with Gasteiger partial charge in [0.15, 0.2) is 5.82 Å². The smallest absolute Gasteiger partial charge is 0.262 e. The number of nitrogens with one attached hydrogen (secondary N) is 1. The van der Waals surface area contributed by atoms with Crippen molar-refractivity contribution in [3.05, 3.63) is 90.0 Å². The van der Waals surface area contributed by atoms with E-state index in [0.717, 1.165) is 5.69 Å². The van der Waals surface area contributed by atoms with Crippen LogP contribution in [-0.2, 0) is 0 Å². The molecule has 0 fully saturated rings. The van der Waals surface area contributed by atoms with E-state index in [1.165, 1.54) is 5.56 Å². The average molecular weight is 357 g/mol. The van der Waals surface area contributed by atoms with Crippen LogP contribution in [0.4, 0.5) is 5.82 Å². The van der Waals surface area contributed by atoms with Gasteiger partial charge in [-0.2, -0.15) is 5.10 Å². The van der Waals surface area contributed by atoms with E-state index in [0.29, 0.717) is 22.9 Å². The van der Waals surface area contributed by atoms with Crippen LogP contribution in [0.1, 0.15) is 21.6 Å². The van der Waals surface area contributed by atoms with Crippen LogP contribution in [0.25, 0.3) is 11.5 Å². The summed E-state index contributed by atoms with van der Waals surface area (Å²) in [4.78, 5) is 17.2. The number of hydrogen-bond donors (Lipinski definition) is 1. The van der Waals surface area contributed by atoms with Gasteiger partial charge in [-0.25, -0.2) is 9.67 Å². The van der Waals surface area contributed by atoms with Gasteiger partial charge < -0.3 is 9.88 Å². The van der Waals surface area contributed by atoms with Crippen molar-refractivity contribution in [2.45, 2.75) is 13.8 Å². The molecule has 0 atom stereocenters. The Morgan fingerprint density at radius 2 is 1.70 bits per heavy atom. The molecule has 6 heteroatoms. The Hall–Kier alpha value is -3.67. The van der Waals surface area contributed by atoms with Crippen LogP contribution < -0.4 is 5.32 Å². The second kappa shape index (κ2) is 6.92. The van der Waals surface area contributed by atoms with Crippen LogP contribution in [0, 0.1) is 13.8 Å². The first kappa shape index (κ1) is 16.8. The van der Waals surface area contributed by atoms with Crippen molar-refractivity contribution in [2.75, 3.05) is 5.32 Å². The van der Waals surface area contributed by atoms with Gasteiger partial charge in [0.05, 0.1) is 11.4 Å². The number of hydrogen-bond acceptors (Lipinski definition) is 3. The molecule has 0 aliphatic carbocycles. The molecule has 4 rings (SSSR count). The fourth-order valence-electron chi connectivity index (χ4n) is 2.98. The van der Waals surface area contributed by atoms with E-state index in [2.05, 4.69) is 15.4 Å². The highest BCUT2D eigenvalue weighted by atomic mass is 16.1. The van der Waals surface area contributed by atoms with Crippen molar-refractivity contribution >= 4 is 11.7 Å². The highest BCUT2D eigenvalue weighted by Gasteiger charge is 2.24. The third kappa shape index (κ3) is 3.25. The molecule has 134 valence electrons. The molecule has 0 bridgehead atoms. The molecule has 0 radical (unpaired) electrons. The second-order valence-corrected chi connectivity index (χ2v) is 6.29. The summed E-state index contributed by atoms with van der Waals surface area (Å²) >= 11 is 0. The number of carbonyl (C=O) groups excluding carboxylic acids is 1. The Bertz CT molecular complexity index is 1060. The van der Waals surface area contributed by atoms with Crippen LogP contribution in [-0.4, -0.2) is 25.2 Å². The van der Waals surface area contributed by atoms with Crippen LogP contribution in [0.15, 0.2) is 73.2 Å². The van der Waals surface area contributed by atoms with Crippen molar-refractivity contribution in [1.82, 2.24) is 19.3 Å². The van der Waals surface area contributed by atoms with E-state index in [1.54, 1.807) is 16.9 Å². The minimum absolute atomic E-state index is 0.242. The first-order valence-electron chi connectivity index (χ1n) is 8.66. The zero-order chi connectivity index (χ0) is 18.8. The van der Waals surface area contributed by atoms with Crippen molar-refractivity contribution in [1.29, 1.82) is 0 Å². The number of carbonyl (C=O) groups is 1. The van der Waals surface area contributed by atoms with Crippen LogP contribution >= 0.6 is 0 Å². The Balaban J connectivity index is 1.84. The Morgan fingerprint density at radius 3 is 2.37 bits per heavy atom. The lowest BCUT2D eigenvalue weighted by atomic mass is 10.2. The summed E-state index contributed by atoms with van der Waals surface area (Å²) in [6, 6.07) is 17.3. The first-order chi connectivity index (χ1) is 13.1.